The second-order valence-corrected chi connectivity index (χ2v) is 12.2. The molecule has 2 radical (unpaired) electrons. The Morgan fingerprint density at radius 3 is 2.24 bits per heavy atom. The molecule has 6 unspecified atom stereocenters. The van der Waals surface area contributed by atoms with Gasteiger partial charge in [-0.2, -0.15) is 0 Å². The van der Waals surface area contributed by atoms with Crippen LogP contribution in [0.25, 0.3) is 0 Å². The Kier molecular flexibility index (Phi) is 4.30. The Balaban J connectivity index is 1.29. The van der Waals surface area contributed by atoms with Gasteiger partial charge in [-0.1, -0.05) is 66.0 Å². The largest absolute Gasteiger partial charge is 0.0856 e. The lowest BCUT2D eigenvalue weighted by Gasteiger charge is -2.33. The standard InChI is InChI=1S/C23H40B2/c1-7-21(5,6)23-11-9-16(19(23)14-23)12-22-10-8-17(18(22)13-22)15-24-25-20(2,3)4/h16-19H,7-15H2,1-6H3. The van der Waals surface area contributed by atoms with Crippen LogP contribution in [-0.2, 0) is 0 Å². The van der Waals surface area contributed by atoms with Gasteiger partial charge in [0.05, 0.1) is 14.3 Å². The topological polar surface area (TPSA) is 0 Å². The lowest BCUT2D eigenvalue weighted by atomic mass is 9.28. The first-order chi connectivity index (χ1) is 11.6. The number of hydrogen-bond acceptors (Lipinski definition) is 0. The molecule has 138 valence electrons. The van der Waals surface area contributed by atoms with Gasteiger partial charge in [0, 0.05) is 0 Å². The van der Waals surface area contributed by atoms with E-state index in [9.17, 15) is 0 Å². The average molecular weight is 338 g/mol. The molecule has 0 heterocycles. The van der Waals surface area contributed by atoms with Crippen molar-refractivity contribution in [3.63, 3.8) is 0 Å². The average Bonchev–Trinajstić information content (AvgIpc) is 3.37. The predicted molar refractivity (Wildman–Crippen MR) is 111 cm³/mol. The van der Waals surface area contributed by atoms with Crippen LogP contribution in [0.15, 0.2) is 0 Å². The van der Waals surface area contributed by atoms with E-state index in [0.29, 0.717) is 10.7 Å². The molecule has 4 aliphatic carbocycles. The highest BCUT2D eigenvalue weighted by Gasteiger charge is 2.69. The third-order valence-electron chi connectivity index (χ3n) is 9.46. The van der Waals surface area contributed by atoms with Gasteiger partial charge >= 0.3 is 0 Å². The van der Waals surface area contributed by atoms with Crippen molar-refractivity contribution in [3.8, 4) is 0 Å². The fraction of sp³-hybridized carbons (Fsp3) is 1.00. The molecule has 25 heavy (non-hydrogen) atoms. The third kappa shape index (κ3) is 3.06. The molecule has 0 saturated heterocycles. The molecule has 4 rings (SSSR count). The lowest BCUT2D eigenvalue weighted by molar-refractivity contribution is 0.166. The van der Waals surface area contributed by atoms with Gasteiger partial charge in [-0.15, -0.1) is 0 Å². The van der Waals surface area contributed by atoms with Crippen LogP contribution in [0, 0.1) is 39.9 Å². The fourth-order valence-corrected chi connectivity index (χ4v) is 7.34. The Bertz CT molecular complexity index is 519. The van der Waals surface area contributed by atoms with Crippen molar-refractivity contribution in [2.45, 2.75) is 105 Å². The zero-order valence-corrected chi connectivity index (χ0v) is 17.8. The summed E-state index contributed by atoms with van der Waals surface area (Å²) in [5.74, 6) is 4.28. The lowest BCUT2D eigenvalue weighted by Crippen LogP contribution is -2.24. The summed E-state index contributed by atoms with van der Waals surface area (Å²) in [6, 6.07) is 0. The Morgan fingerprint density at radius 1 is 0.920 bits per heavy atom. The van der Waals surface area contributed by atoms with E-state index >= 15 is 0 Å². The van der Waals surface area contributed by atoms with Crippen molar-refractivity contribution in [2.75, 3.05) is 0 Å². The molecular weight excluding hydrogens is 298 g/mol. The van der Waals surface area contributed by atoms with E-state index in [2.05, 4.69) is 55.9 Å². The molecule has 0 amide bonds. The molecule has 0 aromatic carbocycles. The maximum absolute atomic E-state index is 2.56. The normalized spacial score (nSPS) is 45.0. The van der Waals surface area contributed by atoms with Crippen molar-refractivity contribution in [3.05, 3.63) is 0 Å². The zero-order valence-electron chi connectivity index (χ0n) is 17.8. The van der Waals surface area contributed by atoms with Crippen molar-refractivity contribution >= 4 is 14.3 Å². The first-order valence-corrected chi connectivity index (χ1v) is 11.3. The molecule has 2 heteroatoms. The summed E-state index contributed by atoms with van der Waals surface area (Å²) in [7, 11) is 4.95. The van der Waals surface area contributed by atoms with Gasteiger partial charge in [0.2, 0.25) is 0 Å². The molecule has 0 spiro atoms. The summed E-state index contributed by atoms with van der Waals surface area (Å²) in [5, 5.41) is 0.352. The van der Waals surface area contributed by atoms with Gasteiger partial charge < -0.3 is 0 Å². The maximum Gasteiger partial charge on any atom is 0.0727 e. The van der Waals surface area contributed by atoms with E-state index in [1.54, 1.807) is 38.5 Å². The Hall–Kier alpha value is 0.130. The van der Waals surface area contributed by atoms with E-state index < -0.39 is 0 Å². The van der Waals surface area contributed by atoms with E-state index in [4.69, 9.17) is 0 Å². The monoisotopic (exact) mass is 338 g/mol. The van der Waals surface area contributed by atoms with Crippen molar-refractivity contribution in [1.82, 2.24) is 0 Å². The summed E-state index contributed by atoms with van der Waals surface area (Å²) in [4.78, 5) is 0. The molecule has 4 aliphatic rings. The number of fused-ring (bicyclic) bond motifs is 2. The molecule has 0 aromatic rings. The van der Waals surface area contributed by atoms with Gasteiger partial charge in [0.25, 0.3) is 0 Å². The van der Waals surface area contributed by atoms with Crippen LogP contribution in [-0.4, -0.2) is 14.3 Å². The minimum absolute atomic E-state index is 0.352. The minimum atomic E-state index is 0.352. The van der Waals surface area contributed by atoms with Crippen LogP contribution in [0.1, 0.15) is 92.9 Å². The van der Waals surface area contributed by atoms with Gasteiger partial charge in [0.1, 0.15) is 0 Å². The van der Waals surface area contributed by atoms with Crippen molar-refractivity contribution < 1.29 is 0 Å². The summed E-state index contributed by atoms with van der Waals surface area (Å²) in [6.45, 7) is 14.5. The second-order valence-electron chi connectivity index (χ2n) is 12.2. The predicted octanol–water partition coefficient (Wildman–Crippen LogP) is 6.61. The number of hydrogen-bond donors (Lipinski definition) is 0. The van der Waals surface area contributed by atoms with Crippen LogP contribution < -0.4 is 0 Å². The van der Waals surface area contributed by atoms with Crippen LogP contribution in [0.3, 0.4) is 0 Å². The van der Waals surface area contributed by atoms with Crippen LogP contribution >= 0.6 is 0 Å². The Labute approximate surface area is 159 Å². The summed E-state index contributed by atoms with van der Waals surface area (Å²) in [5.41, 5.74) is 2.14. The molecule has 0 N–H and O–H groups in total. The van der Waals surface area contributed by atoms with Gasteiger partial charge in [-0.05, 0) is 78.4 Å². The third-order valence-corrected chi connectivity index (χ3v) is 9.46. The smallest absolute Gasteiger partial charge is 0.0727 e. The molecule has 6 atom stereocenters. The SMILES string of the molecule is CCC(C)(C)C12CCC(CC34CCC(C[B][B]C(C)(C)C)C3C4)C1C2. The summed E-state index contributed by atoms with van der Waals surface area (Å²) < 4.78 is 0. The van der Waals surface area contributed by atoms with E-state index in [1.807, 2.05) is 0 Å². The van der Waals surface area contributed by atoms with Crippen LogP contribution in [0.5, 0.6) is 0 Å². The molecular formula is C23H40B2. The highest BCUT2D eigenvalue weighted by atomic mass is 14.7. The highest BCUT2D eigenvalue weighted by Crippen LogP contribution is 2.78. The van der Waals surface area contributed by atoms with Crippen molar-refractivity contribution in [1.29, 1.82) is 0 Å². The van der Waals surface area contributed by atoms with E-state index in [-0.39, 0.29) is 0 Å². The van der Waals surface area contributed by atoms with E-state index in [1.165, 1.54) is 19.2 Å². The first kappa shape index (κ1) is 18.5. The highest BCUT2D eigenvalue weighted by molar-refractivity contribution is 7.01. The molecule has 0 aromatic heterocycles. The fourth-order valence-electron chi connectivity index (χ4n) is 7.34. The van der Waals surface area contributed by atoms with Gasteiger partial charge in [-0.3, -0.25) is 0 Å². The first-order valence-electron chi connectivity index (χ1n) is 11.3. The number of rotatable bonds is 7. The molecule has 4 saturated carbocycles. The van der Waals surface area contributed by atoms with Gasteiger partial charge in [0.15, 0.2) is 0 Å². The van der Waals surface area contributed by atoms with Crippen LogP contribution in [0.2, 0.25) is 11.6 Å². The Morgan fingerprint density at radius 2 is 1.64 bits per heavy atom. The van der Waals surface area contributed by atoms with Gasteiger partial charge in [-0.25, -0.2) is 0 Å². The summed E-state index contributed by atoms with van der Waals surface area (Å²) >= 11 is 0. The van der Waals surface area contributed by atoms with Crippen molar-refractivity contribution in [2.24, 2.45) is 39.9 Å². The van der Waals surface area contributed by atoms with E-state index in [0.717, 1.165) is 34.5 Å². The second kappa shape index (κ2) is 5.81. The molecule has 0 aliphatic heterocycles. The maximum atomic E-state index is 2.56. The minimum Gasteiger partial charge on any atom is -0.0856 e. The zero-order chi connectivity index (χ0) is 18.1. The summed E-state index contributed by atoms with van der Waals surface area (Å²) in [6.07, 6.45) is 13.6. The quantitative estimate of drug-likeness (QED) is 0.459. The van der Waals surface area contributed by atoms with Crippen LogP contribution in [0.4, 0.5) is 0 Å². The molecule has 0 nitrogen and oxygen atoms in total. The molecule has 4 fully saturated rings. The molecule has 0 bridgehead atoms.